The molecule has 0 fully saturated rings. The summed E-state index contributed by atoms with van der Waals surface area (Å²) in [4.78, 5) is 24.3. The van der Waals surface area contributed by atoms with Crippen LogP contribution in [0.2, 0.25) is 0 Å². The van der Waals surface area contributed by atoms with Gasteiger partial charge >= 0.3 is 11.9 Å². The van der Waals surface area contributed by atoms with Crippen molar-refractivity contribution in [3.63, 3.8) is 0 Å². The Kier molecular flexibility index (Phi) is 5.64. The van der Waals surface area contributed by atoms with Crippen LogP contribution < -0.4 is 0 Å². The molecule has 0 amide bonds. The van der Waals surface area contributed by atoms with Crippen LogP contribution in [0.25, 0.3) is 0 Å². The van der Waals surface area contributed by atoms with E-state index in [1.807, 2.05) is 0 Å². The Bertz CT molecular complexity index is 541. The van der Waals surface area contributed by atoms with Gasteiger partial charge < -0.3 is 30.3 Å². The number of pyridine rings is 1. The molecule has 114 valence electrons. The summed E-state index contributed by atoms with van der Waals surface area (Å²) in [5.74, 6) is -3.72. The number of aliphatic hydroxyl groups excluding tert-OH is 4. The fourth-order valence-electron chi connectivity index (χ4n) is 1.31. The number of aliphatic hydroxyl groups is 4. The Morgan fingerprint density at radius 1 is 1.43 bits per heavy atom. The molecule has 2 rings (SSSR count). The SMILES string of the molecule is O=C(O)c1cccnc1.O=C1O[C@H]([C@@H](O)CO)C(O)=C1O. The predicted octanol–water partition coefficient (Wildman–Crippen LogP) is -0.628. The van der Waals surface area contributed by atoms with Crippen molar-refractivity contribution in [3.05, 3.63) is 41.6 Å². The number of carboxylic acids is 1. The molecule has 9 heteroatoms. The van der Waals surface area contributed by atoms with Crippen LogP contribution in [-0.2, 0) is 9.53 Å². The minimum atomic E-state index is -1.42. The van der Waals surface area contributed by atoms with E-state index in [-0.39, 0.29) is 5.56 Å². The average Bonchev–Trinajstić information content (AvgIpc) is 2.75. The van der Waals surface area contributed by atoms with Gasteiger partial charge in [0, 0.05) is 12.4 Å². The molecule has 0 saturated carbocycles. The Morgan fingerprint density at radius 3 is 2.43 bits per heavy atom. The lowest BCUT2D eigenvalue weighted by Gasteiger charge is -2.13. The second-order valence-corrected chi connectivity index (χ2v) is 3.86. The first-order chi connectivity index (χ1) is 9.88. The number of carbonyl (C=O) groups excluding carboxylic acids is 1. The molecule has 1 aromatic heterocycles. The maximum atomic E-state index is 10.5. The number of aromatic carboxylic acids is 1. The summed E-state index contributed by atoms with van der Waals surface area (Å²) in [6, 6.07) is 3.08. The van der Waals surface area contributed by atoms with Crippen LogP contribution in [0.5, 0.6) is 0 Å². The van der Waals surface area contributed by atoms with Crippen LogP contribution in [-0.4, -0.2) is 61.3 Å². The number of hydrogen-bond acceptors (Lipinski definition) is 8. The lowest BCUT2D eigenvalue weighted by Crippen LogP contribution is -2.31. The highest BCUT2D eigenvalue weighted by Crippen LogP contribution is 2.20. The standard InChI is InChI=1S/C6H5NO2.C6H8O6/c8-6(9)5-2-1-3-7-4-5;7-1-2(8)5-3(9)4(10)6(11)12-5/h1-4H,(H,8,9);2,5,7-10H,1H2/t;2-,5+/m.0/s1. The quantitative estimate of drug-likeness (QED) is 0.458. The van der Waals surface area contributed by atoms with Crippen molar-refractivity contribution in [2.24, 2.45) is 0 Å². The van der Waals surface area contributed by atoms with Gasteiger partial charge in [-0.1, -0.05) is 0 Å². The summed E-state index contributed by atoms with van der Waals surface area (Å²) < 4.78 is 4.32. The van der Waals surface area contributed by atoms with Crippen molar-refractivity contribution in [2.75, 3.05) is 6.61 Å². The Labute approximate surface area is 118 Å². The number of carboxylic acid groups (broad SMARTS) is 1. The highest BCUT2D eigenvalue weighted by atomic mass is 16.6. The van der Waals surface area contributed by atoms with Gasteiger partial charge in [-0.25, -0.2) is 9.59 Å². The maximum absolute atomic E-state index is 10.5. The van der Waals surface area contributed by atoms with E-state index in [4.69, 9.17) is 25.5 Å². The zero-order valence-corrected chi connectivity index (χ0v) is 10.6. The predicted molar refractivity (Wildman–Crippen MR) is 66.5 cm³/mol. The molecule has 1 aliphatic rings. The molecular formula is C12H13NO8. The summed E-state index contributed by atoms with van der Waals surface area (Å²) in [5, 5.41) is 43.4. The summed E-state index contributed by atoms with van der Waals surface area (Å²) in [5.41, 5.74) is 0.220. The number of cyclic esters (lactones) is 1. The number of carbonyl (C=O) groups is 2. The van der Waals surface area contributed by atoms with Crippen molar-refractivity contribution >= 4 is 11.9 Å². The lowest BCUT2D eigenvalue weighted by molar-refractivity contribution is -0.147. The van der Waals surface area contributed by atoms with E-state index in [9.17, 15) is 9.59 Å². The normalized spacial score (nSPS) is 18.6. The molecule has 1 aliphatic heterocycles. The van der Waals surface area contributed by atoms with Crippen LogP contribution in [0.15, 0.2) is 36.0 Å². The third-order valence-corrected chi connectivity index (χ3v) is 2.38. The summed E-state index contributed by atoms with van der Waals surface area (Å²) in [7, 11) is 0. The zero-order valence-electron chi connectivity index (χ0n) is 10.6. The van der Waals surface area contributed by atoms with Crippen LogP contribution in [0.1, 0.15) is 10.4 Å². The molecule has 0 unspecified atom stereocenters. The van der Waals surface area contributed by atoms with E-state index in [1.165, 1.54) is 18.5 Å². The van der Waals surface area contributed by atoms with Crippen LogP contribution >= 0.6 is 0 Å². The monoisotopic (exact) mass is 299 g/mol. The Hall–Kier alpha value is -2.65. The lowest BCUT2D eigenvalue weighted by atomic mass is 10.2. The van der Waals surface area contributed by atoms with Crippen molar-refractivity contribution in [1.29, 1.82) is 0 Å². The third-order valence-electron chi connectivity index (χ3n) is 2.38. The van der Waals surface area contributed by atoms with E-state index in [1.54, 1.807) is 6.07 Å². The summed E-state index contributed by atoms with van der Waals surface area (Å²) in [6.07, 6.45) is 0.0653. The van der Waals surface area contributed by atoms with E-state index < -0.39 is 42.3 Å². The smallest absolute Gasteiger partial charge is 0.377 e. The summed E-state index contributed by atoms with van der Waals surface area (Å²) in [6.45, 7) is -0.671. The number of ether oxygens (including phenoxy) is 1. The number of nitrogens with zero attached hydrogens (tertiary/aromatic N) is 1. The molecule has 1 aromatic rings. The number of rotatable bonds is 3. The van der Waals surface area contributed by atoms with Crippen LogP contribution in [0, 0.1) is 0 Å². The van der Waals surface area contributed by atoms with Gasteiger partial charge in [-0.2, -0.15) is 0 Å². The van der Waals surface area contributed by atoms with Crippen LogP contribution in [0.3, 0.4) is 0 Å². The molecule has 5 N–H and O–H groups in total. The van der Waals surface area contributed by atoms with Gasteiger partial charge in [0.05, 0.1) is 12.2 Å². The number of hydrogen-bond donors (Lipinski definition) is 5. The molecule has 21 heavy (non-hydrogen) atoms. The fourth-order valence-corrected chi connectivity index (χ4v) is 1.31. The average molecular weight is 299 g/mol. The molecule has 0 aliphatic carbocycles. The molecule has 0 radical (unpaired) electrons. The molecule has 2 atom stereocenters. The number of esters is 1. The minimum absolute atomic E-state index is 0.220. The van der Waals surface area contributed by atoms with E-state index in [0.717, 1.165) is 0 Å². The fraction of sp³-hybridized carbons (Fsp3) is 0.250. The van der Waals surface area contributed by atoms with Gasteiger partial charge in [0.15, 0.2) is 11.9 Å². The van der Waals surface area contributed by atoms with Gasteiger partial charge in [-0.05, 0) is 12.1 Å². The van der Waals surface area contributed by atoms with Gasteiger partial charge in [-0.3, -0.25) is 4.98 Å². The highest BCUT2D eigenvalue weighted by Gasteiger charge is 2.38. The first-order valence-electron chi connectivity index (χ1n) is 5.63. The van der Waals surface area contributed by atoms with Crippen molar-refractivity contribution < 1.29 is 39.9 Å². The van der Waals surface area contributed by atoms with E-state index in [0.29, 0.717) is 0 Å². The van der Waals surface area contributed by atoms with Gasteiger partial charge in [0.25, 0.3) is 0 Å². The maximum Gasteiger partial charge on any atom is 0.377 e. The van der Waals surface area contributed by atoms with Crippen molar-refractivity contribution in [2.45, 2.75) is 12.2 Å². The third kappa shape index (κ3) is 4.16. The van der Waals surface area contributed by atoms with Gasteiger partial charge in [0.2, 0.25) is 5.76 Å². The Morgan fingerprint density at radius 2 is 2.10 bits per heavy atom. The minimum Gasteiger partial charge on any atom is -0.505 e. The van der Waals surface area contributed by atoms with Gasteiger partial charge in [0.1, 0.15) is 6.10 Å². The zero-order chi connectivity index (χ0) is 16.0. The molecular weight excluding hydrogens is 286 g/mol. The van der Waals surface area contributed by atoms with E-state index in [2.05, 4.69) is 9.72 Å². The molecule has 0 spiro atoms. The first-order valence-corrected chi connectivity index (χ1v) is 5.63. The largest absolute Gasteiger partial charge is 0.505 e. The number of aromatic nitrogens is 1. The Balaban J connectivity index is 0.000000219. The molecule has 0 aromatic carbocycles. The van der Waals surface area contributed by atoms with E-state index >= 15 is 0 Å². The second kappa shape index (κ2) is 7.22. The van der Waals surface area contributed by atoms with Crippen molar-refractivity contribution in [1.82, 2.24) is 4.98 Å². The molecule has 0 saturated heterocycles. The van der Waals surface area contributed by atoms with Crippen LogP contribution in [0.4, 0.5) is 0 Å². The molecule has 2 heterocycles. The first kappa shape index (κ1) is 16.4. The molecule has 0 bridgehead atoms. The van der Waals surface area contributed by atoms with Crippen molar-refractivity contribution in [3.8, 4) is 0 Å². The van der Waals surface area contributed by atoms with Gasteiger partial charge in [-0.15, -0.1) is 0 Å². The molecule has 9 nitrogen and oxygen atoms in total. The topological polar surface area (TPSA) is 157 Å². The summed E-state index contributed by atoms with van der Waals surface area (Å²) >= 11 is 0. The highest BCUT2D eigenvalue weighted by molar-refractivity contribution is 5.89. The second-order valence-electron chi connectivity index (χ2n) is 3.86.